The summed E-state index contributed by atoms with van der Waals surface area (Å²) in [5, 5.41) is 17.9. The van der Waals surface area contributed by atoms with Gasteiger partial charge in [0.1, 0.15) is 0 Å². The highest BCUT2D eigenvalue weighted by atomic mass is 32.1. The highest BCUT2D eigenvalue weighted by molar-refractivity contribution is 7.80. The van der Waals surface area contributed by atoms with Gasteiger partial charge in [-0.2, -0.15) is 12.6 Å². The summed E-state index contributed by atoms with van der Waals surface area (Å²) in [5.74, 6) is -1.95. The normalized spacial score (nSPS) is 12.1. The van der Waals surface area contributed by atoms with E-state index in [0.29, 0.717) is 0 Å². The zero-order chi connectivity index (χ0) is 12.3. The van der Waals surface area contributed by atoms with Crippen LogP contribution in [0.25, 0.3) is 0 Å². The van der Waals surface area contributed by atoms with Crippen LogP contribution in [-0.2, 0) is 14.3 Å². The van der Waals surface area contributed by atoms with Crippen LogP contribution in [0.2, 0.25) is 0 Å². The Labute approximate surface area is 96.9 Å². The Morgan fingerprint density at radius 3 is 2.38 bits per heavy atom. The second kappa shape index (κ2) is 4.93. The molecule has 0 aliphatic heterocycles. The quantitative estimate of drug-likeness (QED) is 0.416. The number of carbonyl (C=O) groups excluding carboxylic acids is 2. The lowest BCUT2D eigenvalue weighted by Crippen LogP contribution is -2.13. The number of hydrogen-bond donors (Lipinski definition) is 3. The Morgan fingerprint density at radius 2 is 1.94 bits per heavy atom. The first-order valence-corrected chi connectivity index (χ1v) is 4.92. The van der Waals surface area contributed by atoms with E-state index in [1.807, 2.05) is 0 Å². The molecule has 1 unspecified atom stereocenters. The Balaban J connectivity index is 2.69. The molecule has 0 aliphatic rings. The van der Waals surface area contributed by atoms with Crippen LogP contribution in [0.4, 0.5) is 0 Å². The van der Waals surface area contributed by atoms with Gasteiger partial charge in [0.05, 0.1) is 11.8 Å². The molecule has 1 heterocycles. The summed E-state index contributed by atoms with van der Waals surface area (Å²) in [6.45, 7) is 1.11. The van der Waals surface area contributed by atoms with Crippen molar-refractivity contribution in [3.8, 4) is 11.8 Å². The van der Waals surface area contributed by atoms with Gasteiger partial charge in [0, 0.05) is 19.1 Å². The summed E-state index contributed by atoms with van der Waals surface area (Å²) in [4.78, 5) is 21.6. The minimum Gasteiger partial charge on any atom is -0.494 e. The second-order valence-corrected chi connectivity index (χ2v) is 3.67. The molecule has 0 fully saturated rings. The molecule has 1 aromatic rings. The molecule has 0 bridgehead atoms. The molecule has 0 amide bonds. The average molecular weight is 245 g/mol. The van der Waals surface area contributed by atoms with E-state index in [4.69, 9.17) is 0 Å². The maximum absolute atomic E-state index is 11.1. The minimum atomic E-state index is -0.804. The fraction of sp³-hybridized carbons (Fsp3) is 0.333. The Morgan fingerprint density at radius 1 is 1.44 bits per heavy atom. The van der Waals surface area contributed by atoms with Gasteiger partial charge in [0.2, 0.25) is 0 Å². The highest BCUT2D eigenvalue weighted by Gasteiger charge is 2.18. The van der Waals surface area contributed by atoms with Gasteiger partial charge >= 0.3 is 11.9 Å². The number of esters is 2. The molecule has 7 heteroatoms. The van der Waals surface area contributed by atoms with Crippen molar-refractivity contribution in [2.45, 2.75) is 18.7 Å². The van der Waals surface area contributed by atoms with Crippen LogP contribution < -0.4 is 0 Å². The van der Waals surface area contributed by atoms with E-state index in [2.05, 4.69) is 17.4 Å². The molecule has 1 rings (SSSR count). The van der Waals surface area contributed by atoms with Crippen LogP contribution in [-0.4, -0.2) is 26.7 Å². The zero-order valence-electron chi connectivity index (χ0n) is 8.45. The molecule has 6 nitrogen and oxygen atoms in total. The third-order valence-corrected chi connectivity index (χ3v) is 2.19. The molecular formula is C9H11NO5S. The Kier molecular flexibility index (Phi) is 3.83. The summed E-state index contributed by atoms with van der Waals surface area (Å²) in [6, 6.07) is 2.52. The first kappa shape index (κ1) is 12.4. The van der Waals surface area contributed by atoms with Crippen molar-refractivity contribution in [1.29, 1.82) is 0 Å². The standard InChI is InChI=1S/C9H11NO5S/c1-5(11)15-9(14)4-8(16)10-6(12)2-3-7(10)13/h2-3,8,12-13,16H,4H2,1H3. The van der Waals surface area contributed by atoms with Gasteiger partial charge in [-0.3, -0.25) is 14.2 Å². The van der Waals surface area contributed by atoms with Crippen molar-refractivity contribution in [3.05, 3.63) is 12.1 Å². The van der Waals surface area contributed by atoms with E-state index >= 15 is 0 Å². The van der Waals surface area contributed by atoms with Gasteiger partial charge in [-0.25, -0.2) is 0 Å². The number of aromatic nitrogens is 1. The van der Waals surface area contributed by atoms with Crippen LogP contribution in [0.5, 0.6) is 11.8 Å². The molecular weight excluding hydrogens is 234 g/mol. The van der Waals surface area contributed by atoms with Crippen molar-refractivity contribution in [2.24, 2.45) is 0 Å². The largest absolute Gasteiger partial charge is 0.494 e. The van der Waals surface area contributed by atoms with E-state index in [9.17, 15) is 19.8 Å². The predicted molar refractivity (Wildman–Crippen MR) is 57.2 cm³/mol. The van der Waals surface area contributed by atoms with Gasteiger partial charge in [-0.15, -0.1) is 0 Å². The fourth-order valence-corrected chi connectivity index (χ4v) is 1.56. The molecule has 0 aromatic carbocycles. The number of carbonyl (C=O) groups is 2. The van der Waals surface area contributed by atoms with Crippen LogP contribution >= 0.6 is 12.6 Å². The lowest BCUT2D eigenvalue weighted by atomic mass is 10.4. The lowest BCUT2D eigenvalue weighted by Gasteiger charge is -2.13. The molecule has 0 saturated heterocycles. The third-order valence-electron chi connectivity index (χ3n) is 1.78. The minimum absolute atomic E-state index is 0.229. The van der Waals surface area contributed by atoms with Gasteiger partial charge in [-0.05, 0) is 0 Å². The molecule has 0 radical (unpaired) electrons. The first-order chi connectivity index (χ1) is 7.41. The van der Waals surface area contributed by atoms with Crippen molar-refractivity contribution >= 4 is 24.6 Å². The summed E-state index contributed by atoms with van der Waals surface area (Å²) in [6.07, 6.45) is -0.251. The topological polar surface area (TPSA) is 88.8 Å². The first-order valence-electron chi connectivity index (χ1n) is 4.40. The zero-order valence-corrected chi connectivity index (χ0v) is 9.35. The summed E-state index contributed by atoms with van der Waals surface area (Å²) < 4.78 is 5.33. The predicted octanol–water partition coefficient (Wildman–Crippen LogP) is 0.807. The molecule has 0 aliphatic carbocycles. The van der Waals surface area contributed by atoms with Crippen LogP contribution in [0.15, 0.2) is 12.1 Å². The van der Waals surface area contributed by atoms with E-state index in [0.717, 1.165) is 11.5 Å². The van der Waals surface area contributed by atoms with Gasteiger partial charge < -0.3 is 14.9 Å². The fourth-order valence-electron chi connectivity index (χ4n) is 1.17. The molecule has 16 heavy (non-hydrogen) atoms. The summed E-state index contributed by atoms with van der Waals surface area (Å²) in [5.41, 5.74) is 0. The molecule has 0 spiro atoms. The van der Waals surface area contributed by atoms with Crippen molar-refractivity contribution in [2.75, 3.05) is 0 Å². The number of rotatable bonds is 3. The van der Waals surface area contributed by atoms with Gasteiger partial charge in [0.25, 0.3) is 0 Å². The second-order valence-electron chi connectivity index (χ2n) is 3.07. The number of nitrogens with zero attached hydrogens (tertiary/aromatic N) is 1. The lowest BCUT2D eigenvalue weighted by molar-refractivity contribution is -0.158. The van der Waals surface area contributed by atoms with Crippen LogP contribution in [0, 0.1) is 0 Å². The monoisotopic (exact) mass is 245 g/mol. The molecule has 2 N–H and O–H groups in total. The number of aromatic hydroxyl groups is 2. The van der Waals surface area contributed by atoms with Gasteiger partial charge in [-0.1, -0.05) is 0 Å². The van der Waals surface area contributed by atoms with Crippen molar-refractivity contribution in [3.63, 3.8) is 0 Å². The van der Waals surface area contributed by atoms with Crippen LogP contribution in [0.1, 0.15) is 18.7 Å². The number of hydrogen-bond acceptors (Lipinski definition) is 6. The molecule has 0 saturated carbocycles. The van der Waals surface area contributed by atoms with E-state index in [1.165, 1.54) is 12.1 Å². The van der Waals surface area contributed by atoms with Crippen LogP contribution in [0.3, 0.4) is 0 Å². The average Bonchev–Trinajstić information content (AvgIpc) is 2.44. The highest BCUT2D eigenvalue weighted by Crippen LogP contribution is 2.30. The molecule has 1 atom stereocenters. The number of ether oxygens (including phenoxy) is 1. The smallest absolute Gasteiger partial charge is 0.316 e. The van der Waals surface area contributed by atoms with Crippen molar-refractivity contribution in [1.82, 2.24) is 4.57 Å². The molecule has 88 valence electrons. The van der Waals surface area contributed by atoms with Crippen molar-refractivity contribution < 1.29 is 24.5 Å². The van der Waals surface area contributed by atoms with Gasteiger partial charge in [0.15, 0.2) is 11.8 Å². The SMILES string of the molecule is CC(=O)OC(=O)CC(S)n1c(O)ccc1O. The maximum Gasteiger partial charge on any atom is 0.316 e. The molecule has 1 aromatic heterocycles. The maximum atomic E-state index is 11.1. The van der Waals surface area contributed by atoms with E-state index in [1.54, 1.807) is 0 Å². The Bertz CT molecular complexity index is 395. The number of thiol groups is 1. The van der Waals surface area contributed by atoms with E-state index in [-0.39, 0.29) is 18.2 Å². The summed E-state index contributed by atoms with van der Waals surface area (Å²) >= 11 is 4.02. The Hall–Kier alpha value is -1.63. The summed E-state index contributed by atoms with van der Waals surface area (Å²) in [7, 11) is 0. The third kappa shape index (κ3) is 2.93. The van der Waals surface area contributed by atoms with E-state index < -0.39 is 17.3 Å².